The van der Waals surface area contributed by atoms with E-state index in [9.17, 15) is 13.2 Å². The zero-order valence-corrected chi connectivity index (χ0v) is 17.6. The van der Waals surface area contributed by atoms with Crippen LogP contribution < -0.4 is 4.74 Å². The van der Waals surface area contributed by atoms with E-state index in [1.165, 1.54) is 6.20 Å². The summed E-state index contributed by atoms with van der Waals surface area (Å²) in [4.78, 5) is 16.2. The third kappa shape index (κ3) is 5.16. The topological polar surface area (TPSA) is 91.9 Å². The number of methoxy groups -OCH3 is 1. The molecule has 0 atom stereocenters. The van der Waals surface area contributed by atoms with Crippen molar-refractivity contribution in [3.63, 3.8) is 0 Å². The first-order chi connectivity index (χ1) is 15.8. The fourth-order valence-electron chi connectivity index (χ4n) is 3.19. The minimum atomic E-state index is -4.49. The molecule has 0 fully saturated rings. The zero-order valence-electron chi connectivity index (χ0n) is 17.6. The molecule has 170 valence electrons. The van der Waals surface area contributed by atoms with Gasteiger partial charge >= 0.3 is 12.3 Å². The number of hydrogen-bond acceptors (Lipinski definition) is 6. The first-order valence-electron chi connectivity index (χ1n) is 9.63. The second-order valence-electron chi connectivity index (χ2n) is 6.66. The van der Waals surface area contributed by atoms with Crippen LogP contribution in [0.5, 0.6) is 5.75 Å². The third-order valence-electron chi connectivity index (χ3n) is 4.71. The maximum Gasteiger partial charge on any atom is 0.433 e. The van der Waals surface area contributed by atoms with Gasteiger partial charge in [-0.05, 0) is 42.8 Å². The highest BCUT2D eigenvalue weighted by Gasteiger charge is 2.38. The summed E-state index contributed by atoms with van der Waals surface area (Å²) < 4.78 is 48.2. The summed E-state index contributed by atoms with van der Waals surface area (Å²) in [5.41, 5.74) is 1.88. The predicted molar refractivity (Wildman–Crippen MR) is 110 cm³/mol. The minimum absolute atomic E-state index is 0.158. The van der Waals surface area contributed by atoms with Gasteiger partial charge in [0.25, 0.3) is 0 Å². The monoisotopic (exact) mass is 457 g/mol. The van der Waals surface area contributed by atoms with Gasteiger partial charge < -0.3 is 4.74 Å². The van der Waals surface area contributed by atoms with E-state index >= 15 is 0 Å². The van der Waals surface area contributed by atoms with Crippen molar-refractivity contribution in [3.8, 4) is 28.4 Å². The summed E-state index contributed by atoms with van der Waals surface area (Å²) in [7, 11) is 1.59. The summed E-state index contributed by atoms with van der Waals surface area (Å²) in [5.74, 6) is 0.706. The number of ether oxygens (including phenoxy) is 1. The first kappa shape index (κ1) is 23.4. The molecule has 0 spiro atoms. The zero-order chi connectivity index (χ0) is 24.0. The molecule has 0 saturated heterocycles. The lowest BCUT2D eigenvalue weighted by atomic mass is 10.1. The van der Waals surface area contributed by atoms with E-state index in [4.69, 9.17) is 14.3 Å². The molecule has 2 aromatic heterocycles. The Kier molecular flexibility index (Phi) is 7.04. The van der Waals surface area contributed by atoms with Crippen LogP contribution >= 0.6 is 0 Å². The molecule has 0 aliphatic rings. The molecule has 0 saturated carbocycles. The highest BCUT2D eigenvalue weighted by atomic mass is 19.4. The van der Waals surface area contributed by atoms with Crippen molar-refractivity contribution in [2.75, 3.05) is 7.11 Å². The molecule has 2 aromatic carbocycles. The molecule has 4 aromatic rings. The average molecular weight is 457 g/mol. The minimum Gasteiger partial charge on any atom is -0.497 e. The maximum atomic E-state index is 13.5. The number of aromatic nitrogens is 5. The Hall–Kier alpha value is -4.24. The number of alkyl halides is 3. The lowest BCUT2D eigenvalue weighted by molar-refractivity contribution is -0.191. The van der Waals surface area contributed by atoms with E-state index in [0.29, 0.717) is 22.8 Å². The van der Waals surface area contributed by atoms with Crippen molar-refractivity contribution >= 4 is 6.15 Å². The summed E-state index contributed by atoms with van der Waals surface area (Å²) in [5, 5.41) is 12.2. The molecule has 8 nitrogen and oxygen atoms in total. The van der Waals surface area contributed by atoms with E-state index in [2.05, 4.69) is 15.4 Å². The van der Waals surface area contributed by atoms with Crippen molar-refractivity contribution < 1.29 is 27.5 Å². The molecule has 0 aliphatic heterocycles. The second-order valence-corrected chi connectivity index (χ2v) is 6.66. The predicted octanol–water partition coefficient (Wildman–Crippen LogP) is 4.13. The second kappa shape index (κ2) is 9.92. The van der Waals surface area contributed by atoms with Gasteiger partial charge in [-0.3, -0.25) is 0 Å². The van der Waals surface area contributed by atoms with Crippen LogP contribution in [0, 0.1) is 0 Å². The number of hydrogen-bond donors (Lipinski definition) is 0. The Bertz CT molecular complexity index is 1260. The molecule has 0 N–H and O–H groups in total. The van der Waals surface area contributed by atoms with Crippen LogP contribution in [0.25, 0.3) is 22.6 Å². The number of benzene rings is 2. The van der Waals surface area contributed by atoms with E-state index in [1.807, 2.05) is 24.3 Å². The largest absolute Gasteiger partial charge is 0.497 e. The number of nitrogens with zero attached hydrogens (tertiary/aromatic N) is 5. The van der Waals surface area contributed by atoms with Crippen molar-refractivity contribution in [1.29, 1.82) is 0 Å². The van der Waals surface area contributed by atoms with Crippen LogP contribution in [0.2, 0.25) is 0 Å². The Morgan fingerprint density at radius 2 is 1.73 bits per heavy atom. The SMILES string of the molecule is CCc1cnn(-c2ccc(-n3cc(-c4cccc(OC)c4)nn3)cc2)c1C(F)(F)F.O=C=O. The van der Waals surface area contributed by atoms with E-state index in [-0.39, 0.29) is 18.1 Å². The Morgan fingerprint density at radius 3 is 2.33 bits per heavy atom. The first-order valence-corrected chi connectivity index (χ1v) is 9.63. The van der Waals surface area contributed by atoms with Gasteiger partial charge in [-0.15, -0.1) is 5.10 Å². The number of halogens is 3. The standard InChI is InChI=1S/C21H18F3N5O.CO2/c1-3-14-12-25-29(20(14)21(22,23)24)17-9-7-16(8-10-17)28-13-19(26-27-28)15-5-4-6-18(11-15)30-2;2-1-3/h4-13H,3H2,1-2H3;. The van der Waals surface area contributed by atoms with Gasteiger partial charge in [-0.2, -0.15) is 27.9 Å². The molecule has 0 radical (unpaired) electrons. The quantitative estimate of drug-likeness (QED) is 0.448. The summed E-state index contributed by atoms with van der Waals surface area (Å²) in [6.45, 7) is 1.67. The molecule has 2 heterocycles. The maximum absolute atomic E-state index is 13.5. The average Bonchev–Trinajstić information content (AvgIpc) is 3.47. The molecule has 33 heavy (non-hydrogen) atoms. The van der Waals surface area contributed by atoms with Gasteiger partial charge in [0.2, 0.25) is 0 Å². The van der Waals surface area contributed by atoms with Gasteiger partial charge in [0, 0.05) is 11.1 Å². The molecule has 0 amide bonds. The van der Waals surface area contributed by atoms with E-state index < -0.39 is 11.9 Å². The van der Waals surface area contributed by atoms with Crippen LogP contribution in [0.1, 0.15) is 18.2 Å². The molecular weight excluding hydrogens is 439 g/mol. The number of carbonyl (C=O) groups excluding carboxylic acids is 2. The summed E-state index contributed by atoms with van der Waals surface area (Å²) in [6.07, 6.45) is -0.987. The molecule has 0 bridgehead atoms. The Labute approximate surface area is 186 Å². The summed E-state index contributed by atoms with van der Waals surface area (Å²) in [6, 6.07) is 13.9. The number of rotatable bonds is 5. The van der Waals surface area contributed by atoms with Crippen LogP contribution in [-0.4, -0.2) is 38.0 Å². The van der Waals surface area contributed by atoms with Gasteiger partial charge in [-0.25, -0.2) is 9.36 Å². The molecular formula is C22H18F3N5O3. The van der Waals surface area contributed by atoms with Gasteiger partial charge in [-0.1, -0.05) is 24.3 Å². The van der Waals surface area contributed by atoms with Gasteiger partial charge in [0.15, 0.2) is 5.69 Å². The highest BCUT2D eigenvalue weighted by molar-refractivity contribution is 5.60. The highest BCUT2D eigenvalue weighted by Crippen LogP contribution is 2.34. The Morgan fingerprint density at radius 1 is 1.06 bits per heavy atom. The van der Waals surface area contributed by atoms with E-state index in [0.717, 1.165) is 10.2 Å². The van der Waals surface area contributed by atoms with Crippen LogP contribution in [-0.2, 0) is 22.2 Å². The van der Waals surface area contributed by atoms with Crippen molar-refractivity contribution in [2.24, 2.45) is 0 Å². The lowest BCUT2D eigenvalue weighted by Crippen LogP contribution is -2.15. The normalized spacial score (nSPS) is 10.8. The van der Waals surface area contributed by atoms with Crippen LogP contribution in [0.4, 0.5) is 13.2 Å². The third-order valence-corrected chi connectivity index (χ3v) is 4.71. The molecule has 11 heteroatoms. The van der Waals surface area contributed by atoms with Crippen molar-refractivity contribution in [3.05, 3.63) is 72.2 Å². The Balaban J connectivity index is 0.000000968. The van der Waals surface area contributed by atoms with Crippen molar-refractivity contribution in [2.45, 2.75) is 19.5 Å². The van der Waals surface area contributed by atoms with Crippen LogP contribution in [0.3, 0.4) is 0 Å². The summed E-state index contributed by atoms with van der Waals surface area (Å²) >= 11 is 0. The molecule has 4 rings (SSSR count). The smallest absolute Gasteiger partial charge is 0.433 e. The molecule has 0 unspecified atom stereocenters. The van der Waals surface area contributed by atoms with Crippen LogP contribution in [0.15, 0.2) is 60.9 Å². The van der Waals surface area contributed by atoms with Gasteiger partial charge in [0.05, 0.1) is 30.9 Å². The number of aryl methyl sites for hydroxylation is 1. The lowest BCUT2D eigenvalue weighted by Gasteiger charge is -2.12. The molecule has 0 aliphatic carbocycles. The fraction of sp³-hybridized carbons (Fsp3) is 0.182. The van der Waals surface area contributed by atoms with E-state index in [1.54, 1.807) is 49.2 Å². The van der Waals surface area contributed by atoms with Crippen molar-refractivity contribution in [1.82, 2.24) is 24.8 Å². The fourth-order valence-corrected chi connectivity index (χ4v) is 3.19. The van der Waals surface area contributed by atoms with Gasteiger partial charge in [0.1, 0.15) is 11.4 Å².